The van der Waals surface area contributed by atoms with Crippen LogP contribution in [0.5, 0.6) is 11.5 Å². The van der Waals surface area contributed by atoms with Crippen LogP contribution in [0.4, 0.5) is 0 Å². The fourth-order valence-electron chi connectivity index (χ4n) is 3.18. The van der Waals surface area contributed by atoms with E-state index in [0.29, 0.717) is 31.2 Å². The monoisotopic (exact) mass is 419 g/mol. The van der Waals surface area contributed by atoms with E-state index in [9.17, 15) is 13.2 Å². The highest BCUT2D eigenvalue weighted by atomic mass is 32.2. The van der Waals surface area contributed by atoms with Gasteiger partial charge in [0, 0.05) is 13.1 Å². The molecule has 0 N–H and O–H groups in total. The highest BCUT2D eigenvalue weighted by molar-refractivity contribution is 7.89. The van der Waals surface area contributed by atoms with E-state index in [-0.39, 0.29) is 22.7 Å². The van der Waals surface area contributed by atoms with Gasteiger partial charge in [-0.25, -0.2) is 13.2 Å². The largest absolute Gasteiger partial charge is 0.494 e. The summed E-state index contributed by atoms with van der Waals surface area (Å²) in [7, 11) is -3.65. The Kier molecular flexibility index (Phi) is 6.56. The first kappa shape index (κ1) is 21.3. The van der Waals surface area contributed by atoms with Gasteiger partial charge in [0.15, 0.2) is 0 Å². The standard InChI is InChI=1S/C21H25NO6S/c1-4-26-18-7-9-19(10-8-18)28-21(23)17-5-11-20(12-6-17)29(24,25)22-13-15(2)27-16(3)14-22/h5-12,15-16H,4,13-14H2,1-3H3/t15-,16-/m0/s1. The Bertz CT molecular complexity index is 930. The molecule has 2 atom stereocenters. The van der Waals surface area contributed by atoms with Gasteiger partial charge >= 0.3 is 5.97 Å². The van der Waals surface area contributed by atoms with E-state index in [1.807, 2.05) is 20.8 Å². The summed E-state index contributed by atoms with van der Waals surface area (Å²) in [5.41, 5.74) is 0.265. The Morgan fingerprint density at radius 1 is 1.00 bits per heavy atom. The first-order valence-corrected chi connectivity index (χ1v) is 10.9. The van der Waals surface area contributed by atoms with Crippen LogP contribution in [0.3, 0.4) is 0 Å². The fourth-order valence-corrected chi connectivity index (χ4v) is 4.77. The van der Waals surface area contributed by atoms with Crippen LogP contribution in [-0.4, -0.2) is 50.6 Å². The van der Waals surface area contributed by atoms with Crippen molar-refractivity contribution < 1.29 is 27.4 Å². The summed E-state index contributed by atoms with van der Waals surface area (Å²) in [5.74, 6) is 0.506. The van der Waals surface area contributed by atoms with Gasteiger partial charge in [0.2, 0.25) is 10.0 Å². The predicted molar refractivity (Wildman–Crippen MR) is 108 cm³/mol. The maximum atomic E-state index is 12.9. The lowest BCUT2D eigenvalue weighted by Crippen LogP contribution is -2.48. The average molecular weight is 419 g/mol. The molecule has 0 saturated carbocycles. The number of rotatable bonds is 6. The molecule has 2 aromatic carbocycles. The number of morpholine rings is 1. The molecule has 29 heavy (non-hydrogen) atoms. The fraction of sp³-hybridized carbons (Fsp3) is 0.381. The van der Waals surface area contributed by atoms with Crippen molar-refractivity contribution in [3.05, 3.63) is 54.1 Å². The number of nitrogens with zero attached hydrogens (tertiary/aromatic N) is 1. The van der Waals surface area contributed by atoms with Gasteiger partial charge in [0.25, 0.3) is 0 Å². The number of sulfonamides is 1. The number of esters is 1. The van der Waals surface area contributed by atoms with Crippen LogP contribution in [0.25, 0.3) is 0 Å². The molecule has 1 aliphatic rings. The van der Waals surface area contributed by atoms with Crippen molar-refractivity contribution >= 4 is 16.0 Å². The number of carbonyl (C=O) groups excluding carboxylic acids is 1. The van der Waals surface area contributed by atoms with Gasteiger partial charge in [-0.05, 0) is 69.3 Å². The Morgan fingerprint density at radius 3 is 2.10 bits per heavy atom. The molecule has 0 amide bonds. The summed E-state index contributed by atoms with van der Waals surface area (Å²) >= 11 is 0. The Labute approximate surface area is 171 Å². The molecule has 7 nitrogen and oxygen atoms in total. The lowest BCUT2D eigenvalue weighted by atomic mass is 10.2. The highest BCUT2D eigenvalue weighted by Crippen LogP contribution is 2.22. The van der Waals surface area contributed by atoms with Gasteiger partial charge in [-0.1, -0.05) is 0 Å². The Hall–Kier alpha value is -2.42. The zero-order chi connectivity index (χ0) is 21.0. The molecular weight excluding hydrogens is 394 g/mol. The van der Waals surface area contributed by atoms with E-state index < -0.39 is 16.0 Å². The van der Waals surface area contributed by atoms with Crippen molar-refractivity contribution in [1.82, 2.24) is 4.31 Å². The first-order chi connectivity index (χ1) is 13.8. The Balaban J connectivity index is 1.69. The molecule has 0 bridgehead atoms. The van der Waals surface area contributed by atoms with E-state index in [1.165, 1.54) is 28.6 Å². The van der Waals surface area contributed by atoms with Crippen LogP contribution in [0.1, 0.15) is 31.1 Å². The molecule has 1 fully saturated rings. The SMILES string of the molecule is CCOc1ccc(OC(=O)c2ccc(S(=O)(=O)N3C[C@H](C)O[C@@H](C)C3)cc2)cc1. The summed E-state index contributed by atoms with van der Waals surface area (Å²) < 4.78 is 43.5. The van der Waals surface area contributed by atoms with E-state index in [2.05, 4.69) is 0 Å². The Morgan fingerprint density at radius 2 is 1.55 bits per heavy atom. The lowest BCUT2D eigenvalue weighted by Gasteiger charge is -2.34. The maximum absolute atomic E-state index is 12.9. The van der Waals surface area contributed by atoms with Crippen LogP contribution in [0, 0.1) is 0 Å². The van der Waals surface area contributed by atoms with Gasteiger partial charge in [-0.3, -0.25) is 0 Å². The van der Waals surface area contributed by atoms with Gasteiger partial charge in [-0.2, -0.15) is 4.31 Å². The molecule has 0 aliphatic carbocycles. The quantitative estimate of drug-likeness (QED) is 0.529. The van der Waals surface area contributed by atoms with Gasteiger partial charge < -0.3 is 14.2 Å². The van der Waals surface area contributed by atoms with Crippen molar-refractivity contribution in [3.8, 4) is 11.5 Å². The topological polar surface area (TPSA) is 82.1 Å². The van der Waals surface area contributed by atoms with E-state index in [0.717, 1.165) is 0 Å². The average Bonchev–Trinajstić information content (AvgIpc) is 2.69. The number of benzene rings is 2. The molecule has 0 spiro atoms. The third-order valence-corrected chi connectivity index (χ3v) is 6.31. The van der Waals surface area contributed by atoms with E-state index in [4.69, 9.17) is 14.2 Å². The third kappa shape index (κ3) is 5.14. The van der Waals surface area contributed by atoms with Crippen molar-refractivity contribution in [2.24, 2.45) is 0 Å². The lowest BCUT2D eigenvalue weighted by molar-refractivity contribution is -0.0440. The summed E-state index contributed by atoms with van der Waals surface area (Å²) in [4.78, 5) is 12.5. The van der Waals surface area contributed by atoms with Gasteiger partial charge in [0.1, 0.15) is 11.5 Å². The molecular formula is C21H25NO6S. The van der Waals surface area contributed by atoms with Gasteiger partial charge in [-0.15, -0.1) is 0 Å². The van der Waals surface area contributed by atoms with Crippen LogP contribution in [0.15, 0.2) is 53.4 Å². The van der Waals surface area contributed by atoms with E-state index in [1.54, 1.807) is 24.3 Å². The molecule has 0 unspecified atom stereocenters. The highest BCUT2D eigenvalue weighted by Gasteiger charge is 2.32. The predicted octanol–water partition coefficient (Wildman–Crippen LogP) is 3.10. The van der Waals surface area contributed by atoms with Crippen molar-refractivity contribution in [2.45, 2.75) is 37.9 Å². The summed E-state index contributed by atoms with van der Waals surface area (Å²) in [6.45, 7) is 6.73. The van der Waals surface area contributed by atoms with Crippen molar-refractivity contribution in [1.29, 1.82) is 0 Å². The molecule has 0 radical (unpaired) electrons. The van der Waals surface area contributed by atoms with Crippen LogP contribution in [0.2, 0.25) is 0 Å². The van der Waals surface area contributed by atoms with Gasteiger partial charge in [0.05, 0.1) is 29.3 Å². The normalized spacial score (nSPS) is 20.2. The minimum atomic E-state index is -3.65. The maximum Gasteiger partial charge on any atom is 0.343 e. The molecule has 1 heterocycles. The van der Waals surface area contributed by atoms with Crippen LogP contribution in [-0.2, 0) is 14.8 Å². The number of hydrogen-bond acceptors (Lipinski definition) is 6. The molecule has 8 heteroatoms. The zero-order valence-electron chi connectivity index (χ0n) is 16.7. The molecule has 3 rings (SSSR count). The van der Waals surface area contributed by atoms with E-state index >= 15 is 0 Å². The minimum Gasteiger partial charge on any atom is -0.494 e. The number of ether oxygens (including phenoxy) is 3. The summed E-state index contributed by atoms with van der Waals surface area (Å²) in [5, 5.41) is 0. The molecule has 1 saturated heterocycles. The summed E-state index contributed by atoms with van der Waals surface area (Å²) in [6, 6.07) is 12.5. The molecule has 1 aliphatic heterocycles. The third-order valence-electron chi connectivity index (χ3n) is 4.46. The van der Waals surface area contributed by atoms with Crippen molar-refractivity contribution in [3.63, 3.8) is 0 Å². The van der Waals surface area contributed by atoms with Crippen molar-refractivity contribution in [2.75, 3.05) is 19.7 Å². The number of carbonyl (C=O) groups is 1. The molecule has 0 aromatic heterocycles. The first-order valence-electron chi connectivity index (χ1n) is 9.50. The smallest absolute Gasteiger partial charge is 0.343 e. The minimum absolute atomic E-state index is 0.136. The molecule has 156 valence electrons. The second-order valence-electron chi connectivity index (χ2n) is 6.90. The number of hydrogen-bond donors (Lipinski definition) is 0. The summed E-state index contributed by atoms with van der Waals surface area (Å²) in [6.07, 6.45) is -0.339. The second kappa shape index (κ2) is 8.94. The zero-order valence-corrected chi connectivity index (χ0v) is 17.5. The van der Waals surface area contributed by atoms with Crippen LogP contribution >= 0.6 is 0 Å². The molecule has 2 aromatic rings. The second-order valence-corrected chi connectivity index (χ2v) is 8.84. The van der Waals surface area contributed by atoms with Crippen LogP contribution < -0.4 is 9.47 Å².